The third-order valence-electron chi connectivity index (χ3n) is 4.43. The molecule has 2 nitrogen and oxygen atoms in total. The minimum Gasteiger partial charge on any atom is -1.00 e. The maximum Gasteiger partial charge on any atom is 0.130 e. The molecule has 1 atom stereocenters. The minimum atomic E-state index is -0.937. The molecule has 0 aliphatic carbocycles. The van der Waals surface area contributed by atoms with Crippen molar-refractivity contribution in [1.29, 1.82) is 0 Å². The summed E-state index contributed by atoms with van der Waals surface area (Å²) in [5.74, 6) is 0. The van der Waals surface area contributed by atoms with Gasteiger partial charge in [-0.25, -0.2) is 0 Å². The average Bonchev–Trinajstić information content (AvgIpc) is 2.95. The van der Waals surface area contributed by atoms with Crippen LogP contribution in [0.5, 0.6) is 0 Å². The van der Waals surface area contributed by atoms with Crippen LogP contribution in [-0.4, -0.2) is 29.6 Å². The predicted octanol–water partition coefficient (Wildman–Crippen LogP) is 0.0207. The number of benzene rings is 2. The Bertz CT molecular complexity index is 518. The molecule has 0 bridgehead atoms. The van der Waals surface area contributed by atoms with Crippen molar-refractivity contribution >= 4 is 0 Å². The first-order valence-corrected chi connectivity index (χ1v) is 7.26. The summed E-state index contributed by atoms with van der Waals surface area (Å²) in [6, 6.07) is 20.2. The number of hydrogen-bond donors (Lipinski definition) is 1. The van der Waals surface area contributed by atoms with Gasteiger partial charge in [-0.2, -0.15) is 0 Å². The zero-order valence-electron chi connectivity index (χ0n) is 12.2. The summed E-state index contributed by atoms with van der Waals surface area (Å²) in [4.78, 5) is 2.28. The molecule has 3 heteroatoms. The Balaban J connectivity index is 0.00000161. The molecule has 1 unspecified atom stereocenters. The number of nitrogens with zero attached hydrogens (tertiary/aromatic N) is 1. The molecular formula is C18H21ClNO-. The second-order valence-corrected chi connectivity index (χ2v) is 5.64. The minimum absolute atomic E-state index is 0. The summed E-state index contributed by atoms with van der Waals surface area (Å²) in [7, 11) is 2.11. The summed E-state index contributed by atoms with van der Waals surface area (Å²) in [5, 5.41) is 11.6. The standard InChI is InChI=1S/C18H21NO.ClH/c1-19-14-8-13-17(19)18(20,15-9-4-2-5-10-15)16-11-6-3-7-12-16;/h2-7,9-12,17,20H,8,13-14H2,1H3;1H/p-1. The fraction of sp³-hybridized carbons (Fsp3) is 0.333. The van der Waals surface area contributed by atoms with Crippen molar-refractivity contribution in [2.45, 2.75) is 24.5 Å². The first-order valence-electron chi connectivity index (χ1n) is 7.26. The lowest BCUT2D eigenvalue weighted by molar-refractivity contribution is -0.0000451. The number of halogens is 1. The van der Waals surface area contributed by atoms with E-state index in [2.05, 4.69) is 11.9 Å². The number of likely N-dealkylation sites (N-methyl/N-ethyl adjacent to an activating group) is 1. The number of hydrogen-bond acceptors (Lipinski definition) is 2. The zero-order chi connectivity index (χ0) is 14.0. The highest BCUT2D eigenvalue weighted by Crippen LogP contribution is 2.39. The molecular weight excluding hydrogens is 282 g/mol. The van der Waals surface area contributed by atoms with Crippen molar-refractivity contribution in [3.8, 4) is 0 Å². The largest absolute Gasteiger partial charge is 1.00 e. The monoisotopic (exact) mass is 302 g/mol. The van der Waals surface area contributed by atoms with Gasteiger partial charge in [0.15, 0.2) is 0 Å². The molecule has 0 amide bonds. The van der Waals surface area contributed by atoms with Gasteiger partial charge in [-0.1, -0.05) is 60.7 Å². The second kappa shape index (κ2) is 6.61. The molecule has 1 aliphatic rings. The first-order chi connectivity index (χ1) is 9.73. The van der Waals surface area contributed by atoms with Gasteiger partial charge in [0.2, 0.25) is 0 Å². The van der Waals surface area contributed by atoms with E-state index in [-0.39, 0.29) is 18.4 Å². The molecule has 112 valence electrons. The Hall–Kier alpha value is -1.35. The Kier molecular flexibility index (Phi) is 5.04. The van der Waals surface area contributed by atoms with Gasteiger partial charge in [-0.05, 0) is 37.6 Å². The predicted molar refractivity (Wildman–Crippen MR) is 81.5 cm³/mol. The third kappa shape index (κ3) is 2.84. The van der Waals surface area contributed by atoms with Gasteiger partial charge in [0.1, 0.15) is 5.60 Å². The van der Waals surface area contributed by atoms with Gasteiger partial charge >= 0.3 is 0 Å². The van der Waals surface area contributed by atoms with Gasteiger partial charge < -0.3 is 17.5 Å². The van der Waals surface area contributed by atoms with E-state index < -0.39 is 5.60 Å². The van der Waals surface area contributed by atoms with Crippen LogP contribution >= 0.6 is 0 Å². The summed E-state index contributed by atoms with van der Waals surface area (Å²) in [5.41, 5.74) is 1.02. The van der Waals surface area contributed by atoms with Gasteiger partial charge in [0, 0.05) is 6.04 Å². The van der Waals surface area contributed by atoms with Crippen LogP contribution in [0, 0.1) is 0 Å². The van der Waals surface area contributed by atoms with E-state index in [0.717, 1.165) is 30.5 Å². The molecule has 3 rings (SSSR count). The van der Waals surface area contributed by atoms with Crippen molar-refractivity contribution in [3.63, 3.8) is 0 Å². The van der Waals surface area contributed by atoms with E-state index in [0.29, 0.717) is 0 Å². The molecule has 1 saturated heterocycles. The normalized spacial score (nSPS) is 19.2. The zero-order valence-corrected chi connectivity index (χ0v) is 13.0. The lowest BCUT2D eigenvalue weighted by atomic mass is 9.79. The van der Waals surface area contributed by atoms with Gasteiger partial charge in [-0.3, -0.25) is 4.90 Å². The van der Waals surface area contributed by atoms with Crippen molar-refractivity contribution in [2.75, 3.05) is 13.6 Å². The Morgan fingerprint density at radius 3 is 1.81 bits per heavy atom. The third-order valence-corrected chi connectivity index (χ3v) is 4.43. The van der Waals surface area contributed by atoms with E-state index in [4.69, 9.17) is 0 Å². The average molecular weight is 303 g/mol. The first kappa shape index (κ1) is 16.0. The number of aliphatic hydroxyl groups is 1. The Morgan fingerprint density at radius 1 is 0.952 bits per heavy atom. The molecule has 1 fully saturated rings. The summed E-state index contributed by atoms with van der Waals surface area (Å²) >= 11 is 0. The van der Waals surface area contributed by atoms with Gasteiger partial charge in [0.05, 0.1) is 0 Å². The Morgan fingerprint density at radius 2 is 1.43 bits per heavy atom. The van der Waals surface area contributed by atoms with Crippen LogP contribution in [0.4, 0.5) is 0 Å². The molecule has 1 heterocycles. The SMILES string of the molecule is CN1CCCC1C(O)(c1ccccc1)c1ccccc1.[Cl-]. The van der Waals surface area contributed by atoms with Crippen LogP contribution in [0.25, 0.3) is 0 Å². The smallest absolute Gasteiger partial charge is 0.130 e. The summed E-state index contributed by atoms with van der Waals surface area (Å²) < 4.78 is 0. The van der Waals surface area contributed by atoms with Crippen LogP contribution in [0.3, 0.4) is 0 Å². The highest BCUT2D eigenvalue weighted by molar-refractivity contribution is 5.38. The van der Waals surface area contributed by atoms with E-state index in [1.165, 1.54) is 0 Å². The fourth-order valence-electron chi connectivity index (χ4n) is 3.37. The quantitative estimate of drug-likeness (QED) is 0.864. The molecule has 0 spiro atoms. The number of likely N-dealkylation sites (tertiary alicyclic amines) is 1. The van der Waals surface area contributed by atoms with Crippen LogP contribution < -0.4 is 12.4 Å². The van der Waals surface area contributed by atoms with E-state index >= 15 is 0 Å². The topological polar surface area (TPSA) is 23.5 Å². The molecule has 21 heavy (non-hydrogen) atoms. The van der Waals surface area contributed by atoms with Crippen LogP contribution in [-0.2, 0) is 5.60 Å². The molecule has 1 N–H and O–H groups in total. The Labute approximate surface area is 132 Å². The maximum absolute atomic E-state index is 11.6. The van der Waals surface area contributed by atoms with Crippen LogP contribution in [0.2, 0.25) is 0 Å². The summed E-state index contributed by atoms with van der Waals surface area (Å²) in [6.45, 7) is 1.05. The lowest BCUT2D eigenvalue weighted by Crippen LogP contribution is -3.00. The van der Waals surface area contributed by atoms with Crippen molar-refractivity contribution in [3.05, 3.63) is 71.8 Å². The summed E-state index contributed by atoms with van der Waals surface area (Å²) in [6.07, 6.45) is 2.17. The molecule has 0 saturated carbocycles. The lowest BCUT2D eigenvalue weighted by Gasteiger charge is -2.38. The fourth-order valence-corrected chi connectivity index (χ4v) is 3.37. The van der Waals surface area contributed by atoms with Crippen molar-refractivity contribution in [1.82, 2.24) is 4.90 Å². The van der Waals surface area contributed by atoms with Crippen molar-refractivity contribution < 1.29 is 17.5 Å². The second-order valence-electron chi connectivity index (χ2n) is 5.64. The number of rotatable bonds is 3. The van der Waals surface area contributed by atoms with Gasteiger partial charge in [0.25, 0.3) is 0 Å². The van der Waals surface area contributed by atoms with Crippen molar-refractivity contribution in [2.24, 2.45) is 0 Å². The molecule has 0 aromatic heterocycles. The van der Waals surface area contributed by atoms with Crippen LogP contribution in [0.15, 0.2) is 60.7 Å². The molecule has 0 radical (unpaired) electrons. The highest BCUT2D eigenvalue weighted by atomic mass is 35.5. The van der Waals surface area contributed by atoms with E-state index in [9.17, 15) is 5.11 Å². The van der Waals surface area contributed by atoms with Crippen LogP contribution in [0.1, 0.15) is 24.0 Å². The molecule has 2 aromatic rings. The van der Waals surface area contributed by atoms with E-state index in [1.54, 1.807) is 0 Å². The van der Waals surface area contributed by atoms with E-state index in [1.807, 2.05) is 60.7 Å². The maximum atomic E-state index is 11.6. The molecule has 1 aliphatic heterocycles. The molecule has 2 aromatic carbocycles. The van der Waals surface area contributed by atoms with Gasteiger partial charge in [-0.15, -0.1) is 0 Å². The highest BCUT2D eigenvalue weighted by Gasteiger charge is 2.43.